The number of carbonyl (C=O) groups is 2. The normalized spacial score (nSPS) is 17.3. The van der Waals surface area contributed by atoms with Crippen molar-refractivity contribution >= 4 is 22.6 Å². The third-order valence-electron chi connectivity index (χ3n) is 5.16. The zero-order valence-electron chi connectivity index (χ0n) is 15.9. The Kier molecular flexibility index (Phi) is 5.96. The Labute approximate surface area is 159 Å². The van der Waals surface area contributed by atoms with Crippen molar-refractivity contribution in [1.29, 1.82) is 0 Å². The monoisotopic (exact) mass is 370 g/mol. The van der Waals surface area contributed by atoms with Gasteiger partial charge in [0.25, 0.3) is 0 Å². The zero-order chi connectivity index (χ0) is 19.4. The Balaban J connectivity index is 1.67. The van der Waals surface area contributed by atoms with E-state index in [2.05, 4.69) is 6.07 Å². The van der Waals surface area contributed by atoms with Crippen LogP contribution in [0.4, 0.5) is 0 Å². The maximum Gasteiger partial charge on any atom is 0.308 e. The molecular weight excluding hydrogens is 344 g/mol. The van der Waals surface area contributed by atoms with Gasteiger partial charge in [-0.05, 0) is 36.9 Å². The molecule has 2 aromatic rings. The second kappa shape index (κ2) is 8.39. The number of hydrogen-bond donors (Lipinski definition) is 1. The Morgan fingerprint density at radius 3 is 2.67 bits per heavy atom. The molecule has 0 aliphatic carbocycles. The van der Waals surface area contributed by atoms with E-state index in [1.54, 1.807) is 12.0 Å². The van der Waals surface area contributed by atoms with Gasteiger partial charge < -0.3 is 14.7 Å². The number of likely N-dealkylation sites (N-methyl/N-ethyl adjacent to an activating group) is 1. The number of fused-ring (bicyclic) bond motifs is 1. The highest BCUT2D eigenvalue weighted by molar-refractivity contribution is 5.91. The van der Waals surface area contributed by atoms with E-state index < -0.39 is 11.9 Å². The van der Waals surface area contributed by atoms with E-state index in [0.29, 0.717) is 26.1 Å². The van der Waals surface area contributed by atoms with Gasteiger partial charge in [0.15, 0.2) is 0 Å². The fraction of sp³-hybridized carbons (Fsp3) is 0.429. The van der Waals surface area contributed by atoms with E-state index in [4.69, 9.17) is 4.74 Å². The minimum absolute atomic E-state index is 0.0127. The number of rotatable bonds is 6. The van der Waals surface area contributed by atoms with E-state index in [-0.39, 0.29) is 12.5 Å². The van der Waals surface area contributed by atoms with E-state index in [1.807, 2.05) is 42.3 Å². The third kappa shape index (κ3) is 4.39. The summed E-state index contributed by atoms with van der Waals surface area (Å²) in [5, 5.41) is 11.4. The van der Waals surface area contributed by atoms with Crippen LogP contribution in [-0.2, 0) is 16.1 Å². The van der Waals surface area contributed by atoms with Gasteiger partial charge in [-0.3, -0.25) is 14.5 Å². The fourth-order valence-electron chi connectivity index (χ4n) is 3.73. The van der Waals surface area contributed by atoms with Crippen LogP contribution in [0.1, 0.15) is 18.4 Å². The summed E-state index contributed by atoms with van der Waals surface area (Å²) in [4.78, 5) is 27.5. The van der Waals surface area contributed by atoms with E-state index in [9.17, 15) is 14.7 Å². The predicted octanol–water partition coefficient (Wildman–Crippen LogP) is 2.60. The summed E-state index contributed by atoms with van der Waals surface area (Å²) >= 11 is 0. The largest absolute Gasteiger partial charge is 0.496 e. The molecule has 0 radical (unpaired) electrons. The summed E-state index contributed by atoms with van der Waals surface area (Å²) in [6, 6.07) is 12.1. The first-order chi connectivity index (χ1) is 13.0. The number of amides is 1. The van der Waals surface area contributed by atoms with Gasteiger partial charge in [-0.1, -0.05) is 30.3 Å². The van der Waals surface area contributed by atoms with Crippen molar-refractivity contribution < 1.29 is 19.4 Å². The highest BCUT2D eigenvalue weighted by atomic mass is 16.5. The summed E-state index contributed by atoms with van der Waals surface area (Å²) in [6.07, 6.45) is 1.39. The molecule has 1 N–H and O–H groups in total. The molecule has 1 atom stereocenters. The van der Waals surface area contributed by atoms with Gasteiger partial charge in [0, 0.05) is 25.0 Å². The molecule has 1 aliphatic rings. The van der Waals surface area contributed by atoms with Crippen LogP contribution < -0.4 is 4.74 Å². The van der Waals surface area contributed by atoms with Gasteiger partial charge >= 0.3 is 5.97 Å². The maximum absolute atomic E-state index is 12.6. The number of benzene rings is 2. The van der Waals surface area contributed by atoms with Crippen LogP contribution >= 0.6 is 0 Å². The van der Waals surface area contributed by atoms with Gasteiger partial charge in [0.2, 0.25) is 5.91 Å². The second-order valence-corrected chi connectivity index (χ2v) is 7.16. The van der Waals surface area contributed by atoms with E-state index in [1.165, 1.54) is 0 Å². The van der Waals surface area contributed by atoms with Gasteiger partial charge in [0.1, 0.15) is 5.75 Å². The first-order valence-corrected chi connectivity index (χ1v) is 9.23. The summed E-state index contributed by atoms with van der Waals surface area (Å²) in [6.45, 7) is 1.86. The number of carbonyl (C=O) groups excluding carboxylic acids is 1. The lowest BCUT2D eigenvalue weighted by molar-refractivity contribution is -0.145. The Hall–Kier alpha value is -2.60. The molecule has 0 aromatic heterocycles. The Bertz CT molecular complexity index is 836. The van der Waals surface area contributed by atoms with Crippen molar-refractivity contribution in [2.24, 2.45) is 5.92 Å². The van der Waals surface area contributed by atoms with Crippen LogP contribution in [0.15, 0.2) is 36.4 Å². The molecule has 0 saturated carbocycles. The molecule has 1 aliphatic heterocycles. The Morgan fingerprint density at radius 2 is 1.96 bits per heavy atom. The second-order valence-electron chi connectivity index (χ2n) is 7.16. The number of carboxylic acid groups (broad SMARTS) is 1. The first kappa shape index (κ1) is 19.2. The Morgan fingerprint density at radius 1 is 1.22 bits per heavy atom. The lowest BCUT2D eigenvalue weighted by Crippen LogP contribution is -2.45. The van der Waals surface area contributed by atoms with Crippen LogP contribution in [-0.4, -0.2) is 60.6 Å². The van der Waals surface area contributed by atoms with Crippen LogP contribution in [0.5, 0.6) is 5.75 Å². The number of aliphatic carboxylic acids is 1. The number of ether oxygens (including phenoxy) is 1. The highest BCUT2D eigenvalue weighted by Crippen LogP contribution is 2.29. The standard InChI is InChI=1S/C21H26N2O4/c1-22(14-20(24)23-11-5-6-16(13-23)21(25)26)12-15-9-10-19(27-2)18-8-4-3-7-17(15)18/h3-4,7-10,16H,5-6,11-14H2,1-2H3,(H,25,26). The molecule has 2 aromatic carbocycles. The average Bonchev–Trinajstić information content (AvgIpc) is 2.68. The molecule has 144 valence electrons. The summed E-state index contributed by atoms with van der Waals surface area (Å²) in [5.41, 5.74) is 1.13. The SMILES string of the molecule is COc1ccc(CN(C)CC(=O)N2CCCC(C(=O)O)C2)c2ccccc12. The van der Waals surface area contributed by atoms with Gasteiger partial charge in [-0.2, -0.15) is 0 Å². The molecule has 1 amide bonds. The van der Waals surface area contributed by atoms with Crippen molar-refractivity contribution in [2.45, 2.75) is 19.4 Å². The minimum atomic E-state index is -0.814. The third-order valence-corrected chi connectivity index (χ3v) is 5.16. The number of piperidine rings is 1. The van der Waals surface area contributed by atoms with Crippen LogP contribution in [0.25, 0.3) is 10.8 Å². The molecule has 27 heavy (non-hydrogen) atoms. The summed E-state index contributed by atoms with van der Waals surface area (Å²) in [5.74, 6) is -0.438. The molecular formula is C21H26N2O4. The topological polar surface area (TPSA) is 70.1 Å². The molecule has 6 heteroatoms. The average molecular weight is 370 g/mol. The van der Waals surface area contributed by atoms with E-state index in [0.717, 1.165) is 28.5 Å². The molecule has 0 spiro atoms. The lowest BCUT2D eigenvalue weighted by Gasteiger charge is -2.32. The predicted molar refractivity (Wildman–Crippen MR) is 104 cm³/mol. The summed E-state index contributed by atoms with van der Waals surface area (Å²) in [7, 11) is 3.57. The van der Waals surface area contributed by atoms with Crippen LogP contribution in [0.3, 0.4) is 0 Å². The van der Waals surface area contributed by atoms with Crippen LogP contribution in [0.2, 0.25) is 0 Å². The van der Waals surface area contributed by atoms with Crippen LogP contribution in [0, 0.1) is 5.92 Å². The number of nitrogens with zero attached hydrogens (tertiary/aromatic N) is 2. The van der Waals surface area contributed by atoms with Crippen molar-refractivity contribution in [3.05, 3.63) is 42.0 Å². The highest BCUT2D eigenvalue weighted by Gasteiger charge is 2.28. The molecule has 3 rings (SSSR count). The molecule has 0 bridgehead atoms. The summed E-state index contributed by atoms with van der Waals surface area (Å²) < 4.78 is 5.44. The van der Waals surface area contributed by atoms with Gasteiger partial charge in [-0.15, -0.1) is 0 Å². The molecule has 1 unspecified atom stereocenters. The van der Waals surface area contributed by atoms with Gasteiger partial charge in [-0.25, -0.2) is 0 Å². The smallest absolute Gasteiger partial charge is 0.308 e. The number of carboxylic acids is 1. The number of likely N-dealkylation sites (tertiary alicyclic amines) is 1. The minimum Gasteiger partial charge on any atom is -0.496 e. The fourth-order valence-corrected chi connectivity index (χ4v) is 3.73. The molecule has 6 nitrogen and oxygen atoms in total. The molecule has 1 heterocycles. The quantitative estimate of drug-likeness (QED) is 0.846. The number of hydrogen-bond acceptors (Lipinski definition) is 4. The van der Waals surface area contributed by atoms with Crippen molar-refractivity contribution in [1.82, 2.24) is 9.80 Å². The lowest BCUT2D eigenvalue weighted by atomic mass is 9.98. The molecule has 1 saturated heterocycles. The zero-order valence-corrected chi connectivity index (χ0v) is 15.9. The van der Waals surface area contributed by atoms with Crippen molar-refractivity contribution in [3.8, 4) is 5.75 Å². The van der Waals surface area contributed by atoms with Gasteiger partial charge in [0.05, 0.1) is 19.6 Å². The first-order valence-electron chi connectivity index (χ1n) is 9.23. The van der Waals surface area contributed by atoms with Crippen molar-refractivity contribution in [3.63, 3.8) is 0 Å². The number of methoxy groups -OCH3 is 1. The van der Waals surface area contributed by atoms with E-state index >= 15 is 0 Å². The van der Waals surface area contributed by atoms with Crippen molar-refractivity contribution in [2.75, 3.05) is 33.8 Å². The maximum atomic E-state index is 12.6. The molecule has 1 fully saturated rings.